The Kier molecular flexibility index (Phi) is 5.42. The average molecular weight is 290 g/mol. The monoisotopic (exact) mass is 290 g/mol. The Morgan fingerprint density at radius 2 is 1.81 bits per heavy atom. The van der Waals surface area contributed by atoms with Crippen LogP contribution in [0.2, 0.25) is 0 Å². The van der Waals surface area contributed by atoms with Crippen LogP contribution >= 0.6 is 0 Å². The highest BCUT2D eigenvalue weighted by molar-refractivity contribution is 5.38. The molecular weight excluding hydrogens is 260 g/mol. The zero-order valence-corrected chi connectivity index (χ0v) is 14.4. The minimum absolute atomic E-state index is 0.215. The zero-order valence-electron chi connectivity index (χ0n) is 14.4. The van der Waals surface area contributed by atoms with Crippen LogP contribution in [-0.4, -0.2) is 43.8 Å². The summed E-state index contributed by atoms with van der Waals surface area (Å²) in [6.07, 6.45) is 0.215. The van der Waals surface area contributed by atoms with Crippen LogP contribution in [0.4, 0.5) is 0 Å². The lowest BCUT2D eigenvalue weighted by Crippen LogP contribution is -2.50. The summed E-state index contributed by atoms with van der Waals surface area (Å²) in [5, 5.41) is 3.48. The standard InChI is InChI=1S/C18H30N2O/c1-12(2)20-7-8-21-17(11-20)18(19-6)16-10-14(4)13(3)9-15(16)5/h9-10,12,17-19H,7-8,11H2,1-6H3. The molecule has 1 aromatic carbocycles. The van der Waals surface area contributed by atoms with E-state index < -0.39 is 0 Å². The molecule has 118 valence electrons. The van der Waals surface area contributed by atoms with Crippen LogP contribution in [0.3, 0.4) is 0 Å². The second-order valence-electron chi connectivity index (χ2n) is 6.56. The van der Waals surface area contributed by atoms with Crippen LogP contribution in [-0.2, 0) is 4.74 Å². The van der Waals surface area contributed by atoms with E-state index in [9.17, 15) is 0 Å². The first-order valence-electron chi connectivity index (χ1n) is 8.04. The smallest absolute Gasteiger partial charge is 0.0897 e. The largest absolute Gasteiger partial charge is 0.374 e. The third kappa shape index (κ3) is 3.65. The zero-order chi connectivity index (χ0) is 15.6. The van der Waals surface area contributed by atoms with Gasteiger partial charge in [0.15, 0.2) is 0 Å². The molecule has 2 rings (SSSR count). The Balaban J connectivity index is 2.25. The van der Waals surface area contributed by atoms with E-state index in [1.165, 1.54) is 22.3 Å². The van der Waals surface area contributed by atoms with Gasteiger partial charge in [-0.2, -0.15) is 0 Å². The second-order valence-corrected chi connectivity index (χ2v) is 6.56. The molecule has 1 aromatic rings. The molecule has 0 spiro atoms. The van der Waals surface area contributed by atoms with Crippen LogP contribution in [0.15, 0.2) is 12.1 Å². The molecule has 0 bridgehead atoms. The molecule has 0 amide bonds. The fourth-order valence-corrected chi connectivity index (χ4v) is 3.23. The molecule has 1 fully saturated rings. The van der Waals surface area contributed by atoms with Gasteiger partial charge in [-0.25, -0.2) is 0 Å². The van der Waals surface area contributed by atoms with Crippen molar-refractivity contribution >= 4 is 0 Å². The van der Waals surface area contributed by atoms with E-state index in [4.69, 9.17) is 4.74 Å². The third-order valence-electron chi connectivity index (χ3n) is 4.76. The lowest BCUT2D eigenvalue weighted by Gasteiger charge is -2.39. The lowest BCUT2D eigenvalue weighted by atomic mass is 9.92. The van der Waals surface area contributed by atoms with Crippen LogP contribution in [0.25, 0.3) is 0 Å². The summed E-state index contributed by atoms with van der Waals surface area (Å²) in [4.78, 5) is 2.51. The van der Waals surface area contributed by atoms with Gasteiger partial charge in [-0.05, 0) is 63.9 Å². The Morgan fingerprint density at radius 3 is 2.43 bits per heavy atom. The molecule has 0 saturated carbocycles. The number of nitrogens with zero attached hydrogens (tertiary/aromatic N) is 1. The van der Waals surface area contributed by atoms with E-state index in [-0.39, 0.29) is 12.1 Å². The van der Waals surface area contributed by atoms with Crippen molar-refractivity contribution in [2.75, 3.05) is 26.7 Å². The number of hydrogen-bond acceptors (Lipinski definition) is 3. The van der Waals surface area contributed by atoms with E-state index in [0.29, 0.717) is 6.04 Å². The number of nitrogens with one attached hydrogen (secondary N) is 1. The van der Waals surface area contributed by atoms with Crippen molar-refractivity contribution in [1.82, 2.24) is 10.2 Å². The number of likely N-dealkylation sites (N-methyl/N-ethyl adjacent to an activating group) is 1. The summed E-state index contributed by atoms with van der Waals surface area (Å²) in [7, 11) is 2.04. The topological polar surface area (TPSA) is 24.5 Å². The molecule has 0 aromatic heterocycles. The van der Waals surface area contributed by atoms with Gasteiger partial charge in [-0.15, -0.1) is 0 Å². The van der Waals surface area contributed by atoms with Crippen molar-refractivity contribution in [3.63, 3.8) is 0 Å². The maximum Gasteiger partial charge on any atom is 0.0897 e. The lowest BCUT2D eigenvalue weighted by molar-refractivity contribution is -0.0551. The van der Waals surface area contributed by atoms with Crippen molar-refractivity contribution in [1.29, 1.82) is 0 Å². The number of ether oxygens (including phenoxy) is 1. The van der Waals surface area contributed by atoms with Gasteiger partial charge in [0.05, 0.1) is 18.8 Å². The van der Waals surface area contributed by atoms with Gasteiger partial charge in [0.25, 0.3) is 0 Å². The van der Waals surface area contributed by atoms with Crippen molar-refractivity contribution < 1.29 is 4.74 Å². The summed E-state index contributed by atoms with van der Waals surface area (Å²) in [6.45, 7) is 14.0. The van der Waals surface area contributed by atoms with Gasteiger partial charge in [0.2, 0.25) is 0 Å². The van der Waals surface area contributed by atoms with Crippen molar-refractivity contribution in [3.05, 3.63) is 34.4 Å². The Bertz CT molecular complexity index is 484. The highest BCUT2D eigenvalue weighted by Crippen LogP contribution is 2.27. The first-order chi connectivity index (χ1) is 9.93. The first-order valence-corrected chi connectivity index (χ1v) is 8.04. The SMILES string of the molecule is CNC(c1cc(C)c(C)cc1C)C1CN(C(C)C)CCO1. The van der Waals surface area contributed by atoms with E-state index in [1.807, 2.05) is 7.05 Å². The molecule has 0 radical (unpaired) electrons. The van der Waals surface area contributed by atoms with Gasteiger partial charge < -0.3 is 10.1 Å². The molecule has 1 saturated heterocycles. The summed E-state index contributed by atoms with van der Waals surface area (Å²) >= 11 is 0. The van der Waals surface area contributed by atoms with E-state index in [1.54, 1.807) is 0 Å². The summed E-state index contributed by atoms with van der Waals surface area (Å²) in [5.41, 5.74) is 5.44. The van der Waals surface area contributed by atoms with E-state index in [2.05, 4.69) is 57.0 Å². The molecule has 1 N–H and O–H groups in total. The molecular formula is C18H30N2O. The number of hydrogen-bond donors (Lipinski definition) is 1. The molecule has 2 unspecified atom stereocenters. The minimum atomic E-state index is 0.215. The minimum Gasteiger partial charge on any atom is -0.374 e. The quantitative estimate of drug-likeness (QED) is 0.922. The molecule has 21 heavy (non-hydrogen) atoms. The Labute approximate surface area is 129 Å². The van der Waals surface area contributed by atoms with Gasteiger partial charge in [0.1, 0.15) is 0 Å². The van der Waals surface area contributed by atoms with Crippen LogP contribution < -0.4 is 5.32 Å². The van der Waals surface area contributed by atoms with Crippen molar-refractivity contribution in [3.8, 4) is 0 Å². The van der Waals surface area contributed by atoms with Gasteiger partial charge in [0, 0.05) is 19.1 Å². The van der Waals surface area contributed by atoms with E-state index >= 15 is 0 Å². The first kappa shape index (κ1) is 16.5. The molecule has 3 heteroatoms. The highest BCUT2D eigenvalue weighted by atomic mass is 16.5. The van der Waals surface area contributed by atoms with Crippen molar-refractivity contribution in [2.24, 2.45) is 0 Å². The Hall–Kier alpha value is -0.900. The van der Waals surface area contributed by atoms with E-state index in [0.717, 1.165) is 19.7 Å². The van der Waals surface area contributed by atoms with Crippen LogP contribution in [0.1, 0.15) is 42.1 Å². The van der Waals surface area contributed by atoms with Crippen LogP contribution in [0, 0.1) is 20.8 Å². The summed E-state index contributed by atoms with van der Waals surface area (Å²) < 4.78 is 6.09. The number of rotatable bonds is 4. The fourth-order valence-electron chi connectivity index (χ4n) is 3.23. The molecule has 1 heterocycles. The van der Waals surface area contributed by atoms with Crippen molar-refractivity contribution in [2.45, 2.75) is 52.8 Å². The normalized spacial score (nSPS) is 21.8. The molecule has 2 atom stereocenters. The summed E-state index contributed by atoms with van der Waals surface area (Å²) in [6, 6.07) is 5.45. The van der Waals surface area contributed by atoms with Gasteiger partial charge in [-0.3, -0.25) is 4.90 Å². The summed E-state index contributed by atoms with van der Waals surface area (Å²) in [5.74, 6) is 0. The molecule has 0 aliphatic carbocycles. The fraction of sp³-hybridized carbons (Fsp3) is 0.667. The predicted octanol–water partition coefficient (Wildman–Crippen LogP) is 2.98. The highest BCUT2D eigenvalue weighted by Gasteiger charge is 2.30. The number of morpholine rings is 1. The number of aryl methyl sites for hydroxylation is 3. The van der Waals surface area contributed by atoms with Gasteiger partial charge >= 0.3 is 0 Å². The Morgan fingerprint density at radius 1 is 1.14 bits per heavy atom. The molecule has 1 aliphatic heterocycles. The molecule has 3 nitrogen and oxygen atoms in total. The third-order valence-corrected chi connectivity index (χ3v) is 4.76. The number of benzene rings is 1. The average Bonchev–Trinajstić information content (AvgIpc) is 2.45. The maximum atomic E-state index is 6.09. The second kappa shape index (κ2) is 6.91. The maximum absolute atomic E-state index is 6.09. The molecule has 1 aliphatic rings. The van der Waals surface area contributed by atoms with Crippen LogP contribution in [0.5, 0.6) is 0 Å². The van der Waals surface area contributed by atoms with Gasteiger partial charge in [-0.1, -0.05) is 12.1 Å². The predicted molar refractivity (Wildman–Crippen MR) is 88.9 cm³/mol.